The van der Waals surface area contributed by atoms with Crippen molar-refractivity contribution in [3.8, 4) is 22.6 Å². The number of rotatable bonds is 7. The van der Waals surface area contributed by atoms with Crippen molar-refractivity contribution in [1.82, 2.24) is 25.2 Å². The Morgan fingerprint density at radius 2 is 1.93 bits per heavy atom. The molecule has 0 aliphatic rings. The summed E-state index contributed by atoms with van der Waals surface area (Å²) in [5.41, 5.74) is 3.76. The molecule has 1 N–H and O–H groups in total. The number of halogens is 1. The largest absolute Gasteiger partial charge is 0.347 e. The summed E-state index contributed by atoms with van der Waals surface area (Å²) in [7, 11) is 0. The zero-order valence-corrected chi connectivity index (χ0v) is 17.1. The second-order valence-electron chi connectivity index (χ2n) is 6.70. The van der Waals surface area contributed by atoms with Crippen LogP contribution < -0.4 is 5.32 Å². The third-order valence-electron chi connectivity index (χ3n) is 4.62. The van der Waals surface area contributed by atoms with E-state index in [4.69, 9.17) is 16.1 Å². The molecule has 0 radical (unpaired) electrons. The Balaban J connectivity index is 1.41. The third kappa shape index (κ3) is 4.58. The first-order chi connectivity index (χ1) is 14.6. The molecule has 2 heterocycles. The van der Waals surface area contributed by atoms with E-state index in [0.717, 1.165) is 28.9 Å². The molecular weight excluding hydrogens is 402 g/mol. The molecule has 152 valence electrons. The second-order valence-corrected chi connectivity index (χ2v) is 7.14. The van der Waals surface area contributed by atoms with Crippen LogP contribution in [0.5, 0.6) is 0 Å². The lowest BCUT2D eigenvalue weighted by Gasteiger charge is -2.05. The molecule has 0 unspecified atom stereocenters. The van der Waals surface area contributed by atoms with Crippen molar-refractivity contribution in [2.24, 2.45) is 0 Å². The summed E-state index contributed by atoms with van der Waals surface area (Å²) in [6.07, 6.45) is 2.04. The van der Waals surface area contributed by atoms with Crippen molar-refractivity contribution >= 4 is 17.5 Å². The lowest BCUT2D eigenvalue weighted by atomic mass is 10.1. The fourth-order valence-corrected chi connectivity index (χ4v) is 3.24. The number of hydrogen-bond donors (Lipinski definition) is 1. The normalized spacial score (nSPS) is 10.9. The molecule has 2 aromatic heterocycles. The highest BCUT2D eigenvalue weighted by Crippen LogP contribution is 2.24. The summed E-state index contributed by atoms with van der Waals surface area (Å²) in [5, 5.41) is 11.8. The molecule has 0 atom stereocenters. The van der Waals surface area contributed by atoms with Gasteiger partial charge >= 0.3 is 0 Å². The minimum Gasteiger partial charge on any atom is -0.347 e. The van der Waals surface area contributed by atoms with Crippen LogP contribution in [0.15, 0.2) is 65.3 Å². The zero-order chi connectivity index (χ0) is 20.9. The van der Waals surface area contributed by atoms with Gasteiger partial charge in [-0.2, -0.15) is 10.1 Å². The van der Waals surface area contributed by atoms with Crippen LogP contribution >= 0.6 is 11.6 Å². The Morgan fingerprint density at radius 3 is 2.73 bits per heavy atom. The SMILES string of the molecule is CCn1nccc1-c1cccc(-c2noc(CNC(=O)Cc3ccc(Cl)cc3)n2)c1. The van der Waals surface area contributed by atoms with Gasteiger partial charge in [-0.1, -0.05) is 47.1 Å². The van der Waals surface area contributed by atoms with Crippen molar-refractivity contribution in [1.29, 1.82) is 0 Å². The number of aromatic nitrogens is 4. The van der Waals surface area contributed by atoms with Crippen LogP contribution in [0.4, 0.5) is 0 Å². The molecule has 7 nitrogen and oxygen atoms in total. The van der Waals surface area contributed by atoms with E-state index in [0.29, 0.717) is 16.7 Å². The van der Waals surface area contributed by atoms with Crippen molar-refractivity contribution < 1.29 is 9.32 Å². The summed E-state index contributed by atoms with van der Waals surface area (Å²) in [6.45, 7) is 3.00. The number of hydrogen-bond acceptors (Lipinski definition) is 5. The Kier molecular flexibility index (Phi) is 5.90. The maximum Gasteiger partial charge on any atom is 0.246 e. The number of carbonyl (C=O) groups excluding carboxylic acids is 1. The molecule has 0 spiro atoms. The number of nitrogens with zero attached hydrogens (tertiary/aromatic N) is 4. The lowest BCUT2D eigenvalue weighted by molar-refractivity contribution is -0.120. The van der Waals surface area contributed by atoms with E-state index in [1.54, 1.807) is 18.3 Å². The maximum absolute atomic E-state index is 12.1. The monoisotopic (exact) mass is 421 g/mol. The van der Waals surface area contributed by atoms with Crippen molar-refractivity contribution in [3.63, 3.8) is 0 Å². The Hall–Kier alpha value is -3.45. The molecule has 0 aliphatic carbocycles. The highest BCUT2D eigenvalue weighted by Gasteiger charge is 2.12. The van der Waals surface area contributed by atoms with Crippen LogP contribution in [0, 0.1) is 0 Å². The molecule has 2 aromatic carbocycles. The number of carbonyl (C=O) groups is 1. The summed E-state index contributed by atoms with van der Waals surface area (Å²) < 4.78 is 7.23. The van der Waals surface area contributed by atoms with Gasteiger partial charge in [0.25, 0.3) is 0 Å². The van der Waals surface area contributed by atoms with Gasteiger partial charge in [-0.05, 0) is 36.8 Å². The second kappa shape index (κ2) is 8.92. The fraction of sp³-hybridized carbons (Fsp3) is 0.182. The van der Waals surface area contributed by atoms with Crippen molar-refractivity contribution in [2.75, 3.05) is 0 Å². The smallest absolute Gasteiger partial charge is 0.246 e. The van der Waals surface area contributed by atoms with E-state index in [1.165, 1.54) is 0 Å². The minimum atomic E-state index is -0.133. The van der Waals surface area contributed by atoms with Gasteiger partial charge in [-0.25, -0.2) is 0 Å². The first kappa shape index (κ1) is 19.8. The molecule has 0 bridgehead atoms. The molecule has 30 heavy (non-hydrogen) atoms. The first-order valence-electron chi connectivity index (χ1n) is 9.58. The average Bonchev–Trinajstić information content (AvgIpc) is 3.43. The van der Waals surface area contributed by atoms with Crippen LogP contribution in [0.3, 0.4) is 0 Å². The highest BCUT2D eigenvalue weighted by atomic mass is 35.5. The number of benzene rings is 2. The van der Waals surface area contributed by atoms with E-state index < -0.39 is 0 Å². The van der Waals surface area contributed by atoms with Gasteiger partial charge in [-0.15, -0.1) is 0 Å². The van der Waals surface area contributed by atoms with Crippen LogP contribution in [0.25, 0.3) is 22.6 Å². The summed E-state index contributed by atoms with van der Waals surface area (Å²) in [5.74, 6) is 0.687. The van der Waals surface area contributed by atoms with Crippen molar-refractivity contribution in [3.05, 3.63) is 77.3 Å². The van der Waals surface area contributed by atoms with Gasteiger partial charge in [-0.3, -0.25) is 9.48 Å². The lowest BCUT2D eigenvalue weighted by Crippen LogP contribution is -2.24. The Bertz CT molecular complexity index is 1150. The highest BCUT2D eigenvalue weighted by molar-refractivity contribution is 6.30. The maximum atomic E-state index is 12.1. The molecule has 4 rings (SSSR count). The minimum absolute atomic E-state index is 0.133. The quantitative estimate of drug-likeness (QED) is 0.484. The van der Waals surface area contributed by atoms with Gasteiger partial charge in [0.2, 0.25) is 17.6 Å². The first-order valence-corrected chi connectivity index (χ1v) is 9.96. The molecular formula is C22H20ClN5O2. The van der Waals surface area contributed by atoms with Gasteiger partial charge in [0.15, 0.2) is 0 Å². The summed E-state index contributed by atoms with van der Waals surface area (Å²) in [4.78, 5) is 16.5. The molecule has 4 aromatic rings. The molecule has 1 amide bonds. The fourth-order valence-electron chi connectivity index (χ4n) is 3.12. The Labute approximate surface area is 178 Å². The topological polar surface area (TPSA) is 85.8 Å². The zero-order valence-electron chi connectivity index (χ0n) is 16.4. The van der Waals surface area contributed by atoms with Gasteiger partial charge in [0.05, 0.1) is 18.7 Å². The molecule has 0 saturated heterocycles. The molecule has 0 saturated carbocycles. The van der Waals surface area contributed by atoms with E-state index in [2.05, 4.69) is 20.6 Å². The standard InChI is InChI=1S/C22H20ClN5O2/c1-2-28-19(10-11-25-28)16-4-3-5-17(13-16)22-26-21(30-27-22)14-24-20(29)12-15-6-8-18(23)9-7-15/h3-11,13H,2,12,14H2,1H3,(H,24,29). The van der Waals surface area contributed by atoms with E-state index in [9.17, 15) is 4.79 Å². The number of amides is 1. The van der Waals surface area contributed by atoms with E-state index >= 15 is 0 Å². The third-order valence-corrected chi connectivity index (χ3v) is 4.87. The molecule has 8 heteroatoms. The van der Waals surface area contributed by atoms with Gasteiger partial charge in [0.1, 0.15) is 0 Å². The predicted molar refractivity (Wildman–Crippen MR) is 114 cm³/mol. The van der Waals surface area contributed by atoms with Crippen LogP contribution in [-0.2, 0) is 24.3 Å². The van der Waals surface area contributed by atoms with Crippen LogP contribution in [0.1, 0.15) is 18.4 Å². The number of aryl methyl sites for hydroxylation is 1. The predicted octanol–water partition coefficient (Wildman–Crippen LogP) is 4.13. The summed E-state index contributed by atoms with van der Waals surface area (Å²) in [6, 6.07) is 17.0. The molecule has 0 fully saturated rings. The molecule has 0 aliphatic heterocycles. The van der Waals surface area contributed by atoms with Crippen LogP contribution in [-0.4, -0.2) is 25.8 Å². The van der Waals surface area contributed by atoms with E-state index in [1.807, 2.05) is 54.1 Å². The van der Waals surface area contributed by atoms with Crippen molar-refractivity contribution in [2.45, 2.75) is 26.4 Å². The van der Waals surface area contributed by atoms with Gasteiger partial charge in [0, 0.05) is 28.9 Å². The number of nitrogens with one attached hydrogen (secondary N) is 1. The van der Waals surface area contributed by atoms with Crippen LogP contribution in [0.2, 0.25) is 5.02 Å². The average molecular weight is 422 g/mol. The van der Waals surface area contributed by atoms with E-state index in [-0.39, 0.29) is 18.9 Å². The summed E-state index contributed by atoms with van der Waals surface area (Å²) >= 11 is 5.86. The Morgan fingerprint density at radius 1 is 1.13 bits per heavy atom. The van der Waals surface area contributed by atoms with Gasteiger partial charge < -0.3 is 9.84 Å².